The van der Waals surface area contributed by atoms with Crippen LogP contribution in [-0.2, 0) is 0 Å². The number of aliphatic hydroxyl groups is 1. The van der Waals surface area contributed by atoms with Crippen LogP contribution in [0.15, 0.2) is 0 Å². The van der Waals surface area contributed by atoms with Crippen LogP contribution in [0.3, 0.4) is 0 Å². The fraction of sp³-hybridized carbons (Fsp3) is 1.00. The smallest absolute Gasteiger partial charge is 0.0597 e. The largest absolute Gasteiger partial charge is 0.395 e. The second-order valence-electron chi connectivity index (χ2n) is 5.93. The van der Waals surface area contributed by atoms with Crippen LogP contribution in [0.2, 0.25) is 0 Å². The first-order chi connectivity index (χ1) is 7.93. The zero-order valence-corrected chi connectivity index (χ0v) is 12.0. The van der Waals surface area contributed by atoms with Crippen LogP contribution in [0.5, 0.6) is 0 Å². The fourth-order valence-electron chi connectivity index (χ4n) is 2.82. The maximum atomic E-state index is 9.38. The summed E-state index contributed by atoms with van der Waals surface area (Å²) < 4.78 is 0. The van der Waals surface area contributed by atoms with E-state index in [1.54, 1.807) is 0 Å². The van der Waals surface area contributed by atoms with Gasteiger partial charge in [-0.25, -0.2) is 0 Å². The quantitative estimate of drug-likeness (QED) is 0.700. The van der Waals surface area contributed by atoms with Gasteiger partial charge in [-0.05, 0) is 20.0 Å². The van der Waals surface area contributed by atoms with Crippen molar-refractivity contribution < 1.29 is 5.11 Å². The summed E-state index contributed by atoms with van der Waals surface area (Å²) in [5, 5.41) is 12.8. The van der Waals surface area contributed by atoms with Crippen molar-refractivity contribution in [1.29, 1.82) is 0 Å². The summed E-state index contributed by atoms with van der Waals surface area (Å²) in [6, 6.07) is 1.27. The van der Waals surface area contributed by atoms with Gasteiger partial charge >= 0.3 is 0 Å². The molecule has 0 aromatic heterocycles. The van der Waals surface area contributed by atoms with Gasteiger partial charge in [-0.15, -0.1) is 0 Å². The van der Waals surface area contributed by atoms with E-state index >= 15 is 0 Å². The first kappa shape index (κ1) is 14.9. The molecule has 0 amide bonds. The lowest BCUT2D eigenvalue weighted by Gasteiger charge is -2.26. The van der Waals surface area contributed by atoms with Gasteiger partial charge in [0.05, 0.1) is 6.61 Å². The van der Waals surface area contributed by atoms with E-state index in [9.17, 15) is 5.11 Å². The molecule has 1 rings (SSSR count). The van der Waals surface area contributed by atoms with Crippen molar-refractivity contribution in [2.75, 3.05) is 40.3 Å². The van der Waals surface area contributed by atoms with Gasteiger partial charge < -0.3 is 15.3 Å². The molecular weight excluding hydrogens is 214 g/mol. The van der Waals surface area contributed by atoms with Crippen molar-refractivity contribution in [3.05, 3.63) is 0 Å². The summed E-state index contributed by atoms with van der Waals surface area (Å²) in [7, 11) is 4.31. The van der Waals surface area contributed by atoms with Crippen molar-refractivity contribution >= 4 is 0 Å². The predicted molar refractivity (Wildman–Crippen MR) is 72.2 cm³/mol. The monoisotopic (exact) mass is 243 g/mol. The molecule has 0 saturated carbocycles. The molecule has 102 valence electrons. The van der Waals surface area contributed by atoms with Crippen LogP contribution < -0.4 is 5.32 Å². The Morgan fingerprint density at radius 2 is 2.00 bits per heavy atom. The number of aliphatic hydroxyl groups excluding tert-OH is 1. The maximum Gasteiger partial charge on any atom is 0.0597 e. The highest BCUT2D eigenvalue weighted by atomic mass is 16.3. The van der Waals surface area contributed by atoms with E-state index in [2.05, 4.69) is 50.0 Å². The number of likely N-dealkylation sites (tertiary alicyclic amines) is 1. The molecule has 3 atom stereocenters. The van der Waals surface area contributed by atoms with Crippen molar-refractivity contribution in [3.63, 3.8) is 0 Å². The highest BCUT2D eigenvalue weighted by Gasteiger charge is 2.31. The van der Waals surface area contributed by atoms with E-state index in [1.165, 1.54) is 0 Å². The van der Waals surface area contributed by atoms with Crippen LogP contribution in [0.4, 0.5) is 0 Å². The maximum absolute atomic E-state index is 9.38. The molecule has 3 unspecified atom stereocenters. The van der Waals surface area contributed by atoms with Crippen molar-refractivity contribution in [3.8, 4) is 0 Å². The van der Waals surface area contributed by atoms with Crippen LogP contribution in [0.1, 0.15) is 20.8 Å². The Hall–Kier alpha value is -0.160. The number of hydrogen-bond acceptors (Lipinski definition) is 4. The van der Waals surface area contributed by atoms with Crippen LogP contribution >= 0.6 is 0 Å². The Morgan fingerprint density at radius 3 is 2.41 bits per heavy atom. The van der Waals surface area contributed by atoms with Crippen LogP contribution in [0, 0.1) is 5.92 Å². The average Bonchev–Trinajstić information content (AvgIpc) is 2.57. The van der Waals surface area contributed by atoms with Crippen LogP contribution in [0.25, 0.3) is 0 Å². The molecule has 4 heteroatoms. The summed E-state index contributed by atoms with van der Waals surface area (Å²) >= 11 is 0. The predicted octanol–water partition coefficient (Wildman–Crippen LogP) is 0.227. The highest BCUT2D eigenvalue weighted by molar-refractivity contribution is 4.88. The summed E-state index contributed by atoms with van der Waals surface area (Å²) in [6.45, 7) is 9.98. The number of hydrogen-bond donors (Lipinski definition) is 2. The van der Waals surface area contributed by atoms with Gasteiger partial charge in [0.15, 0.2) is 0 Å². The Labute approximate surface area is 106 Å². The Kier molecular flexibility index (Phi) is 5.86. The lowest BCUT2D eigenvalue weighted by Crippen LogP contribution is -2.46. The zero-order chi connectivity index (χ0) is 13.0. The fourth-order valence-corrected chi connectivity index (χ4v) is 2.82. The summed E-state index contributed by atoms with van der Waals surface area (Å²) in [5.74, 6) is 0.711. The van der Waals surface area contributed by atoms with Gasteiger partial charge in [-0.3, -0.25) is 4.90 Å². The SMILES string of the molecule is CC(C)NC(CO)CN1CC(C)C(N(C)C)C1. The molecule has 1 aliphatic rings. The molecule has 0 aliphatic carbocycles. The van der Waals surface area contributed by atoms with Crippen LogP contribution in [-0.4, -0.2) is 73.4 Å². The van der Waals surface area contributed by atoms with Gasteiger partial charge in [0.1, 0.15) is 0 Å². The van der Waals surface area contributed by atoms with Crippen molar-refractivity contribution in [2.24, 2.45) is 5.92 Å². The first-order valence-electron chi connectivity index (χ1n) is 6.69. The number of likely N-dealkylation sites (N-methyl/N-ethyl adjacent to an activating group) is 1. The van der Waals surface area contributed by atoms with Gasteiger partial charge in [-0.2, -0.15) is 0 Å². The zero-order valence-electron chi connectivity index (χ0n) is 12.0. The first-order valence-corrected chi connectivity index (χ1v) is 6.69. The average molecular weight is 243 g/mol. The Morgan fingerprint density at radius 1 is 1.35 bits per heavy atom. The lowest BCUT2D eigenvalue weighted by molar-refractivity contribution is 0.185. The van der Waals surface area contributed by atoms with E-state index in [4.69, 9.17) is 0 Å². The van der Waals surface area contributed by atoms with Crippen molar-refractivity contribution in [1.82, 2.24) is 15.1 Å². The molecular formula is C13H29N3O. The number of nitrogens with one attached hydrogen (secondary N) is 1. The van der Waals surface area contributed by atoms with E-state index in [1.807, 2.05) is 0 Å². The summed E-state index contributed by atoms with van der Waals surface area (Å²) in [6.07, 6.45) is 0. The minimum Gasteiger partial charge on any atom is -0.395 e. The molecule has 0 aromatic rings. The molecule has 1 fully saturated rings. The Bertz CT molecular complexity index is 221. The molecule has 0 aromatic carbocycles. The molecule has 17 heavy (non-hydrogen) atoms. The number of nitrogens with zero attached hydrogens (tertiary/aromatic N) is 2. The van der Waals surface area contributed by atoms with Gasteiger partial charge in [0.25, 0.3) is 0 Å². The normalized spacial score (nSPS) is 28.2. The highest BCUT2D eigenvalue weighted by Crippen LogP contribution is 2.19. The Balaban J connectivity index is 2.42. The van der Waals surface area contributed by atoms with Gasteiger partial charge in [-0.1, -0.05) is 20.8 Å². The topological polar surface area (TPSA) is 38.7 Å². The third-order valence-electron chi connectivity index (χ3n) is 3.58. The summed E-state index contributed by atoms with van der Waals surface area (Å²) in [4.78, 5) is 4.78. The molecule has 1 saturated heterocycles. The van der Waals surface area contributed by atoms with E-state index in [0.717, 1.165) is 19.6 Å². The molecule has 0 spiro atoms. The molecule has 1 aliphatic heterocycles. The summed E-state index contributed by atoms with van der Waals surface area (Å²) in [5.41, 5.74) is 0. The van der Waals surface area contributed by atoms with Gasteiger partial charge in [0.2, 0.25) is 0 Å². The molecule has 1 heterocycles. The second kappa shape index (κ2) is 6.69. The number of rotatable bonds is 6. The molecule has 0 bridgehead atoms. The second-order valence-corrected chi connectivity index (χ2v) is 5.93. The standard InChI is InChI=1S/C13H29N3O/c1-10(2)14-12(9-17)7-16-6-11(3)13(8-16)15(4)5/h10-14,17H,6-9H2,1-5H3. The minimum absolute atomic E-state index is 0.197. The molecule has 0 radical (unpaired) electrons. The van der Waals surface area contributed by atoms with E-state index in [-0.39, 0.29) is 12.6 Å². The third kappa shape index (κ3) is 4.54. The van der Waals surface area contributed by atoms with E-state index < -0.39 is 0 Å². The van der Waals surface area contributed by atoms with E-state index in [0.29, 0.717) is 18.0 Å². The minimum atomic E-state index is 0.197. The lowest BCUT2D eigenvalue weighted by atomic mass is 10.1. The molecule has 4 nitrogen and oxygen atoms in total. The van der Waals surface area contributed by atoms with Gasteiger partial charge in [0, 0.05) is 37.8 Å². The third-order valence-corrected chi connectivity index (χ3v) is 3.58. The van der Waals surface area contributed by atoms with Crippen molar-refractivity contribution in [2.45, 2.75) is 38.9 Å². The molecule has 2 N–H and O–H groups in total.